The van der Waals surface area contributed by atoms with Gasteiger partial charge in [0.15, 0.2) is 0 Å². The molecule has 0 aromatic heterocycles. The molecular formula is C13H9NO2. The van der Waals surface area contributed by atoms with Gasteiger partial charge in [-0.15, -0.1) is 0 Å². The van der Waals surface area contributed by atoms with Crippen molar-refractivity contribution in [2.24, 2.45) is 4.99 Å². The first-order chi connectivity index (χ1) is 7.75. The Morgan fingerprint density at radius 1 is 1.31 bits per heavy atom. The number of fused-ring (bicyclic) bond motifs is 3. The van der Waals surface area contributed by atoms with Crippen LogP contribution in [0.2, 0.25) is 0 Å². The fraction of sp³-hybridized carbons (Fsp3) is 0.0769. The molecule has 0 atom stereocenters. The van der Waals surface area contributed by atoms with E-state index in [4.69, 9.17) is 5.11 Å². The van der Waals surface area contributed by atoms with Crippen LogP contribution in [0.1, 0.15) is 12.0 Å². The summed E-state index contributed by atoms with van der Waals surface area (Å²) in [5, 5.41) is 8.95. The zero-order valence-corrected chi connectivity index (χ0v) is 8.47. The van der Waals surface area contributed by atoms with Crippen molar-refractivity contribution in [1.29, 1.82) is 0 Å². The first-order valence-corrected chi connectivity index (χ1v) is 5.08. The van der Waals surface area contributed by atoms with Crippen molar-refractivity contribution in [3.05, 3.63) is 47.6 Å². The Morgan fingerprint density at radius 3 is 2.94 bits per heavy atom. The van der Waals surface area contributed by atoms with E-state index in [0.29, 0.717) is 12.0 Å². The number of aliphatic carboxylic acids is 1. The lowest BCUT2D eigenvalue weighted by Gasteiger charge is -2.09. The van der Waals surface area contributed by atoms with Crippen LogP contribution < -0.4 is 0 Å². The number of carboxylic acid groups (broad SMARTS) is 1. The second kappa shape index (κ2) is 3.17. The number of para-hydroxylation sites is 1. The number of hydrogen-bond acceptors (Lipinski definition) is 2. The first kappa shape index (κ1) is 9.09. The maximum Gasteiger partial charge on any atom is 0.335 e. The van der Waals surface area contributed by atoms with E-state index in [0.717, 1.165) is 22.5 Å². The van der Waals surface area contributed by atoms with E-state index in [2.05, 4.69) is 4.99 Å². The minimum absolute atomic E-state index is 0.352. The van der Waals surface area contributed by atoms with Crippen LogP contribution in [0.5, 0.6) is 0 Å². The van der Waals surface area contributed by atoms with Crippen molar-refractivity contribution in [3.8, 4) is 0 Å². The van der Waals surface area contributed by atoms with Gasteiger partial charge in [-0.25, -0.2) is 4.79 Å². The van der Waals surface area contributed by atoms with Gasteiger partial charge in [0.05, 0.1) is 17.0 Å². The van der Waals surface area contributed by atoms with Gasteiger partial charge in [0, 0.05) is 17.6 Å². The molecule has 0 fully saturated rings. The highest BCUT2D eigenvalue weighted by Crippen LogP contribution is 2.38. The molecule has 78 valence electrons. The SMILES string of the molecule is O=C(O)C1=CCC2=Nc3ccccc3C2=C1. The summed E-state index contributed by atoms with van der Waals surface area (Å²) in [6.45, 7) is 0. The molecule has 3 nitrogen and oxygen atoms in total. The third-order valence-electron chi connectivity index (χ3n) is 2.82. The second-order valence-corrected chi connectivity index (χ2v) is 3.80. The van der Waals surface area contributed by atoms with Gasteiger partial charge >= 0.3 is 5.97 Å². The van der Waals surface area contributed by atoms with E-state index in [1.807, 2.05) is 24.3 Å². The fourth-order valence-corrected chi connectivity index (χ4v) is 2.05. The highest BCUT2D eigenvalue weighted by Gasteiger charge is 2.23. The number of carbonyl (C=O) groups is 1. The summed E-state index contributed by atoms with van der Waals surface area (Å²) in [6.07, 6.45) is 4.01. The van der Waals surface area contributed by atoms with Crippen molar-refractivity contribution in [2.45, 2.75) is 6.42 Å². The lowest BCUT2D eigenvalue weighted by molar-refractivity contribution is -0.132. The Bertz CT molecular complexity index is 579. The Kier molecular flexibility index (Phi) is 1.80. The van der Waals surface area contributed by atoms with Crippen molar-refractivity contribution in [1.82, 2.24) is 0 Å². The number of rotatable bonds is 1. The topological polar surface area (TPSA) is 49.7 Å². The average molecular weight is 211 g/mol. The Hall–Kier alpha value is -2.16. The molecular weight excluding hydrogens is 202 g/mol. The summed E-state index contributed by atoms with van der Waals surface area (Å²) in [5.74, 6) is -0.879. The highest BCUT2D eigenvalue weighted by molar-refractivity contribution is 6.31. The lowest BCUT2D eigenvalue weighted by atomic mass is 9.94. The van der Waals surface area contributed by atoms with Crippen LogP contribution in [0.4, 0.5) is 5.69 Å². The Balaban J connectivity index is 2.14. The minimum Gasteiger partial charge on any atom is -0.478 e. The summed E-state index contributed by atoms with van der Waals surface area (Å²) in [7, 11) is 0. The van der Waals surface area contributed by atoms with E-state index >= 15 is 0 Å². The van der Waals surface area contributed by atoms with Crippen LogP contribution in [0.25, 0.3) is 5.57 Å². The van der Waals surface area contributed by atoms with Crippen molar-refractivity contribution >= 4 is 22.9 Å². The summed E-state index contributed by atoms with van der Waals surface area (Å²) in [6, 6.07) is 7.80. The molecule has 0 saturated carbocycles. The molecule has 1 aromatic rings. The molecule has 16 heavy (non-hydrogen) atoms. The summed E-state index contributed by atoms with van der Waals surface area (Å²) in [4.78, 5) is 15.4. The Labute approximate surface area is 92.4 Å². The summed E-state index contributed by atoms with van der Waals surface area (Å²) in [5.41, 5.74) is 4.24. The van der Waals surface area contributed by atoms with Crippen molar-refractivity contribution < 1.29 is 9.90 Å². The molecule has 0 radical (unpaired) electrons. The predicted octanol–water partition coefficient (Wildman–Crippen LogP) is 2.57. The number of benzene rings is 1. The van der Waals surface area contributed by atoms with Gasteiger partial charge < -0.3 is 5.11 Å². The Morgan fingerprint density at radius 2 is 2.12 bits per heavy atom. The van der Waals surface area contributed by atoms with Gasteiger partial charge in [-0.3, -0.25) is 4.99 Å². The number of nitrogens with zero attached hydrogens (tertiary/aromatic N) is 1. The van der Waals surface area contributed by atoms with E-state index in [1.54, 1.807) is 12.2 Å². The second-order valence-electron chi connectivity index (χ2n) is 3.80. The molecule has 1 heterocycles. The van der Waals surface area contributed by atoms with E-state index < -0.39 is 5.97 Å². The molecule has 0 saturated heterocycles. The van der Waals surface area contributed by atoms with Gasteiger partial charge in [0.2, 0.25) is 0 Å². The van der Waals surface area contributed by atoms with E-state index in [1.165, 1.54) is 0 Å². The largest absolute Gasteiger partial charge is 0.478 e. The van der Waals surface area contributed by atoms with Crippen molar-refractivity contribution in [3.63, 3.8) is 0 Å². The van der Waals surface area contributed by atoms with Crippen LogP contribution in [0.15, 0.2) is 47.0 Å². The lowest BCUT2D eigenvalue weighted by Crippen LogP contribution is -2.07. The van der Waals surface area contributed by atoms with Gasteiger partial charge in [0.1, 0.15) is 0 Å². The molecule has 0 bridgehead atoms. The maximum atomic E-state index is 10.9. The summed E-state index contributed by atoms with van der Waals surface area (Å²) < 4.78 is 0. The smallest absolute Gasteiger partial charge is 0.335 e. The molecule has 1 aromatic carbocycles. The predicted molar refractivity (Wildman–Crippen MR) is 61.8 cm³/mol. The third-order valence-corrected chi connectivity index (χ3v) is 2.82. The number of aliphatic imine (C=N–C) groups is 1. The molecule has 1 N–H and O–H groups in total. The molecule has 1 aliphatic carbocycles. The van der Waals surface area contributed by atoms with Crippen LogP contribution in [-0.4, -0.2) is 16.8 Å². The molecule has 0 amide bonds. The molecule has 1 aliphatic heterocycles. The monoisotopic (exact) mass is 211 g/mol. The van der Waals surface area contributed by atoms with E-state index in [-0.39, 0.29) is 0 Å². The number of hydrogen-bond donors (Lipinski definition) is 1. The first-order valence-electron chi connectivity index (χ1n) is 5.08. The average Bonchev–Trinajstić information content (AvgIpc) is 2.66. The highest BCUT2D eigenvalue weighted by atomic mass is 16.4. The van der Waals surface area contributed by atoms with Crippen LogP contribution in [-0.2, 0) is 4.79 Å². The molecule has 3 rings (SSSR count). The maximum absolute atomic E-state index is 10.9. The normalized spacial score (nSPS) is 16.9. The molecule has 0 unspecified atom stereocenters. The molecule has 2 aliphatic rings. The van der Waals surface area contributed by atoms with Gasteiger partial charge in [0.25, 0.3) is 0 Å². The summed E-state index contributed by atoms with van der Waals surface area (Å²) >= 11 is 0. The standard InChI is InChI=1S/C13H9NO2/c15-13(16)8-5-6-12-10(7-8)9-3-1-2-4-11(9)14-12/h1-5,7H,6H2,(H,15,16). The molecule has 3 heteroatoms. The van der Waals surface area contributed by atoms with Gasteiger partial charge in [-0.05, 0) is 12.1 Å². The van der Waals surface area contributed by atoms with Crippen molar-refractivity contribution in [2.75, 3.05) is 0 Å². The van der Waals surface area contributed by atoms with Gasteiger partial charge in [-0.1, -0.05) is 24.3 Å². The number of carboxylic acids is 1. The third kappa shape index (κ3) is 1.21. The quantitative estimate of drug-likeness (QED) is 0.776. The number of allylic oxidation sites excluding steroid dienone is 2. The van der Waals surface area contributed by atoms with E-state index in [9.17, 15) is 4.79 Å². The van der Waals surface area contributed by atoms with Crippen LogP contribution >= 0.6 is 0 Å². The van der Waals surface area contributed by atoms with Gasteiger partial charge in [-0.2, -0.15) is 0 Å². The molecule has 0 spiro atoms. The van der Waals surface area contributed by atoms with Crippen LogP contribution in [0, 0.1) is 0 Å². The minimum atomic E-state index is -0.879. The van der Waals surface area contributed by atoms with Crippen LogP contribution in [0.3, 0.4) is 0 Å². The fourth-order valence-electron chi connectivity index (χ4n) is 2.05. The zero-order valence-electron chi connectivity index (χ0n) is 8.47. The zero-order chi connectivity index (χ0) is 11.1.